The zero-order valence-corrected chi connectivity index (χ0v) is 20.1. The van der Waals surface area contributed by atoms with Crippen LogP contribution in [0.25, 0.3) is 16.0 Å². The monoisotopic (exact) mass is 460 g/mol. The first-order valence-corrected chi connectivity index (χ1v) is 12.0. The van der Waals surface area contributed by atoms with Gasteiger partial charge in [0, 0.05) is 11.3 Å². The van der Waals surface area contributed by atoms with Crippen molar-refractivity contribution in [3.63, 3.8) is 0 Å². The third kappa shape index (κ3) is 6.82. The average molecular weight is 461 g/mol. The van der Waals surface area contributed by atoms with Gasteiger partial charge < -0.3 is 4.74 Å². The molecule has 166 valence electrons. The van der Waals surface area contributed by atoms with E-state index in [1.165, 1.54) is 11.3 Å². The van der Waals surface area contributed by atoms with Gasteiger partial charge in [0.05, 0.1) is 34.5 Å². The lowest BCUT2D eigenvalue weighted by Gasteiger charge is -2.32. The Hall–Kier alpha value is -2.34. The van der Waals surface area contributed by atoms with Gasteiger partial charge in [-0.25, -0.2) is 13.8 Å². The van der Waals surface area contributed by atoms with Crippen LogP contribution in [-0.2, 0) is 30.9 Å². The van der Waals surface area contributed by atoms with E-state index in [1.54, 1.807) is 13.0 Å². The lowest BCUT2D eigenvalue weighted by atomic mass is 9.92. The standard InChI is InChI=1S/C23H28N2O4S2/c1-7-29-21(27)13-19(26)14-23(5,25-31(28)22(2,3)4)20-12-17(15-30-20)16-9-8-10-18(11-16)24-6/h8-12,15,25H,7,13-14H2,1-5H3/t23-,31?/m0/s1. The molecule has 0 saturated heterocycles. The molecule has 1 unspecified atom stereocenters. The molecule has 0 aliphatic carbocycles. The summed E-state index contributed by atoms with van der Waals surface area (Å²) in [5.41, 5.74) is 1.43. The van der Waals surface area contributed by atoms with Crippen molar-refractivity contribution < 1.29 is 18.5 Å². The van der Waals surface area contributed by atoms with Crippen LogP contribution in [-0.4, -0.2) is 27.3 Å². The summed E-state index contributed by atoms with van der Waals surface area (Å²) in [4.78, 5) is 28.7. The van der Waals surface area contributed by atoms with Crippen LogP contribution in [0.2, 0.25) is 0 Å². The molecule has 0 amide bonds. The van der Waals surface area contributed by atoms with Crippen LogP contribution in [0.15, 0.2) is 35.7 Å². The van der Waals surface area contributed by atoms with E-state index in [4.69, 9.17) is 11.3 Å². The summed E-state index contributed by atoms with van der Waals surface area (Å²) >= 11 is 1.45. The Morgan fingerprint density at radius 2 is 1.90 bits per heavy atom. The summed E-state index contributed by atoms with van der Waals surface area (Å²) < 4.78 is 20.4. The van der Waals surface area contributed by atoms with Crippen LogP contribution in [0.4, 0.5) is 5.69 Å². The van der Waals surface area contributed by atoms with E-state index in [1.807, 2.05) is 57.3 Å². The zero-order chi connectivity index (χ0) is 23.2. The number of carbonyl (C=O) groups excluding carboxylic acids is 2. The summed E-state index contributed by atoms with van der Waals surface area (Å²) in [5.74, 6) is -0.848. The van der Waals surface area contributed by atoms with Crippen LogP contribution in [0.3, 0.4) is 0 Å². The first-order valence-electron chi connectivity index (χ1n) is 9.92. The van der Waals surface area contributed by atoms with E-state index in [-0.39, 0.29) is 25.2 Å². The molecule has 0 saturated carbocycles. The minimum atomic E-state index is -1.43. The van der Waals surface area contributed by atoms with Gasteiger partial charge in [-0.15, -0.1) is 11.3 Å². The maximum absolute atomic E-state index is 12.9. The molecule has 6 nitrogen and oxygen atoms in total. The molecule has 0 radical (unpaired) electrons. The molecule has 0 spiro atoms. The SMILES string of the molecule is [C-]#[N+]c1cccc(-c2csc([C@](C)(CC(=O)CC(=O)OCC)NS(=O)C(C)(C)C)c2)c1. The predicted molar refractivity (Wildman–Crippen MR) is 125 cm³/mol. The molecule has 31 heavy (non-hydrogen) atoms. The smallest absolute Gasteiger partial charge is 0.313 e. The van der Waals surface area contributed by atoms with Gasteiger partial charge in [0.15, 0.2) is 5.69 Å². The number of nitrogens with one attached hydrogen (secondary N) is 1. The Kier molecular flexibility index (Phi) is 8.29. The largest absolute Gasteiger partial charge is 0.466 e. The fourth-order valence-electron chi connectivity index (χ4n) is 2.89. The number of esters is 1. The number of rotatable bonds is 9. The highest BCUT2D eigenvalue weighted by Gasteiger charge is 2.36. The second kappa shape index (κ2) is 10.3. The summed E-state index contributed by atoms with van der Waals surface area (Å²) in [6.45, 7) is 16.5. The minimum Gasteiger partial charge on any atom is -0.466 e. The normalized spacial score (nSPS) is 14.3. The van der Waals surface area contributed by atoms with E-state index < -0.39 is 27.2 Å². The Labute approximate surface area is 190 Å². The topological polar surface area (TPSA) is 76.8 Å². The molecule has 2 atom stereocenters. The molecule has 2 aromatic rings. The summed E-state index contributed by atoms with van der Waals surface area (Å²) in [6.07, 6.45) is -0.325. The van der Waals surface area contributed by atoms with Crippen LogP contribution >= 0.6 is 11.3 Å². The van der Waals surface area contributed by atoms with Crippen LogP contribution < -0.4 is 4.72 Å². The van der Waals surface area contributed by atoms with Crippen molar-refractivity contribution in [3.05, 3.63) is 52.0 Å². The number of carbonyl (C=O) groups is 2. The van der Waals surface area contributed by atoms with Gasteiger partial charge in [-0.2, -0.15) is 0 Å². The molecule has 0 aliphatic rings. The first kappa shape index (κ1) is 24.9. The maximum atomic E-state index is 12.9. The second-order valence-electron chi connectivity index (χ2n) is 8.37. The fraction of sp³-hybridized carbons (Fsp3) is 0.435. The molecule has 0 fully saturated rings. The van der Waals surface area contributed by atoms with Gasteiger partial charge in [-0.1, -0.05) is 18.2 Å². The van der Waals surface area contributed by atoms with E-state index in [9.17, 15) is 13.8 Å². The van der Waals surface area contributed by atoms with Crippen molar-refractivity contribution in [1.29, 1.82) is 0 Å². The van der Waals surface area contributed by atoms with Crippen molar-refractivity contribution in [2.24, 2.45) is 0 Å². The zero-order valence-electron chi connectivity index (χ0n) is 18.5. The molecule has 8 heteroatoms. The summed E-state index contributed by atoms with van der Waals surface area (Å²) in [6, 6.07) is 9.25. The molecular weight excluding hydrogens is 432 g/mol. The molecule has 1 aromatic heterocycles. The van der Waals surface area contributed by atoms with Crippen molar-refractivity contribution in [2.45, 2.75) is 57.7 Å². The second-order valence-corrected chi connectivity index (χ2v) is 11.3. The molecule has 2 rings (SSSR count). The number of thiophene rings is 1. The average Bonchev–Trinajstić information content (AvgIpc) is 3.18. The molecule has 1 aromatic carbocycles. The fourth-order valence-corrected chi connectivity index (χ4v) is 4.89. The quantitative estimate of drug-likeness (QED) is 0.319. The van der Waals surface area contributed by atoms with Crippen LogP contribution in [0, 0.1) is 6.57 Å². The van der Waals surface area contributed by atoms with E-state index >= 15 is 0 Å². The first-order chi connectivity index (χ1) is 14.5. The number of benzene rings is 1. The van der Waals surface area contributed by atoms with Gasteiger partial charge in [0.1, 0.15) is 12.2 Å². The third-order valence-corrected chi connectivity index (χ3v) is 7.47. The van der Waals surface area contributed by atoms with E-state index in [2.05, 4.69) is 9.57 Å². The van der Waals surface area contributed by atoms with Gasteiger partial charge >= 0.3 is 5.97 Å². The van der Waals surface area contributed by atoms with E-state index in [0.29, 0.717) is 5.69 Å². The third-order valence-electron chi connectivity index (χ3n) is 4.52. The van der Waals surface area contributed by atoms with Crippen molar-refractivity contribution >= 4 is 39.8 Å². The lowest BCUT2D eigenvalue weighted by molar-refractivity contribution is -0.145. The van der Waals surface area contributed by atoms with Crippen molar-refractivity contribution in [3.8, 4) is 11.1 Å². The highest BCUT2D eigenvalue weighted by Crippen LogP contribution is 2.36. The highest BCUT2D eigenvalue weighted by atomic mass is 32.2. The van der Waals surface area contributed by atoms with Gasteiger partial charge in [-0.05, 0) is 63.3 Å². The van der Waals surface area contributed by atoms with Crippen LogP contribution in [0.1, 0.15) is 52.3 Å². The Bertz CT molecular complexity index is 1020. The molecular formula is C23H28N2O4S2. The lowest BCUT2D eigenvalue weighted by Crippen LogP contribution is -2.47. The van der Waals surface area contributed by atoms with Gasteiger partial charge in [0.2, 0.25) is 0 Å². The summed E-state index contributed by atoms with van der Waals surface area (Å²) in [7, 11) is -1.43. The maximum Gasteiger partial charge on any atom is 0.313 e. The molecule has 0 bridgehead atoms. The molecule has 1 heterocycles. The predicted octanol–water partition coefficient (Wildman–Crippen LogP) is 5.15. The number of ether oxygens (including phenoxy) is 1. The van der Waals surface area contributed by atoms with Crippen molar-refractivity contribution in [1.82, 2.24) is 4.72 Å². The van der Waals surface area contributed by atoms with Gasteiger partial charge in [-0.3, -0.25) is 9.59 Å². The Morgan fingerprint density at radius 1 is 1.19 bits per heavy atom. The van der Waals surface area contributed by atoms with Crippen molar-refractivity contribution in [2.75, 3.05) is 6.61 Å². The molecule has 0 aliphatic heterocycles. The number of hydrogen-bond donors (Lipinski definition) is 1. The number of ketones is 1. The number of nitrogens with zero attached hydrogens (tertiary/aromatic N) is 1. The Morgan fingerprint density at radius 3 is 2.52 bits per heavy atom. The van der Waals surface area contributed by atoms with E-state index in [0.717, 1.165) is 16.0 Å². The minimum absolute atomic E-state index is 0.00429. The van der Waals surface area contributed by atoms with Gasteiger partial charge in [0.25, 0.3) is 0 Å². The van der Waals surface area contributed by atoms with Crippen LogP contribution in [0.5, 0.6) is 0 Å². The molecule has 1 N–H and O–H groups in total. The number of Topliss-reactive ketones (excluding diaryl/α,β-unsaturated/α-hetero) is 1. The summed E-state index contributed by atoms with van der Waals surface area (Å²) in [5, 5.41) is 1.95. The highest BCUT2D eigenvalue weighted by molar-refractivity contribution is 7.84. The Balaban J connectivity index is 2.37. The number of hydrogen-bond acceptors (Lipinski definition) is 5.